The number of benzene rings is 1. The summed E-state index contributed by atoms with van der Waals surface area (Å²) in [7, 11) is 0. The molecule has 0 spiro atoms. The lowest BCUT2D eigenvalue weighted by Gasteiger charge is -2.17. The predicted molar refractivity (Wildman–Crippen MR) is 77.9 cm³/mol. The molecular weight excluding hydrogens is 268 g/mol. The van der Waals surface area contributed by atoms with E-state index in [2.05, 4.69) is 20.6 Å². The Bertz CT molecular complexity index is 638. The van der Waals surface area contributed by atoms with E-state index >= 15 is 0 Å². The summed E-state index contributed by atoms with van der Waals surface area (Å²) in [6.07, 6.45) is 1.63. The summed E-state index contributed by atoms with van der Waals surface area (Å²) in [6.45, 7) is 3.53. The summed E-state index contributed by atoms with van der Waals surface area (Å²) < 4.78 is 5.64. The van der Waals surface area contributed by atoms with E-state index in [1.165, 1.54) is 0 Å². The fraction of sp³-hybridized carbons (Fsp3) is 0.333. The number of hydrogen-bond acceptors (Lipinski definition) is 4. The van der Waals surface area contributed by atoms with Gasteiger partial charge in [0.25, 0.3) is 0 Å². The van der Waals surface area contributed by atoms with Crippen molar-refractivity contribution in [1.29, 1.82) is 0 Å². The van der Waals surface area contributed by atoms with Crippen LogP contribution in [0.15, 0.2) is 30.6 Å². The molecule has 2 aromatic rings. The van der Waals surface area contributed by atoms with Gasteiger partial charge < -0.3 is 15.0 Å². The van der Waals surface area contributed by atoms with Gasteiger partial charge in [-0.05, 0) is 13.0 Å². The Labute approximate surface area is 122 Å². The number of H-pyrrole nitrogens is 1. The minimum atomic E-state index is -0.400. The molecule has 0 bridgehead atoms. The highest BCUT2D eigenvalue weighted by Gasteiger charge is 2.25. The number of aromatic nitrogens is 2. The third kappa shape index (κ3) is 2.90. The number of ether oxygens (including phenoxy) is 1. The molecule has 0 saturated heterocycles. The van der Waals surface area contributed by atoms with Crippen LogP contribution >= 0.6 is 0 Å². The lowest BCUT2D eigenvalue weighted by molar-refractivity contribution is -0.123. The molecule has 3 N–H and O–H groups in total. The van der Waals surface area contributed by atoms with Crippen molar-refractivity contribution in [2.45, 2.75) is 19.5 Å². The molecule has 110 valence electrons. The second-order valence-electron chi connectivity index (χ2n) is 4.97. The number of amides is 1. The molecule has 21 heavy (non-hydrogen) atoms. The molecule has 3 rings (SSSR count). The second kappa shape index (κ2) is 5.97. The molecule has 2 heterocycles. The Kier molecular flexibility index (Phi) is 3.87. The number of rotatable bonds is 3. The van der Waals surface area contributed by atoms with Crippen LogP contribution < -0.4 is 15.4 Å². The zero-order chi connectivity index (χ0) is 14.7. The van der Waals surface area contributed by atoms with Crippen molar-refractivity contribution >= 4 is 5.91 Å². The molecule has 1 aliphatic rings. The molecule has 1 aliphatic heterocycles. The van der Waals surface area contributed by atoms with E-state index in [0.29, 0.717) is 19.7 Å². The number of carbonyl (C=O) groups is 1. The van der Waals surface area contributed by atoms with Crippen LogP contribution in [0.2, 0.25) is 0 Å². The minimum absolute atomic E-state index is 0.0737. The summed E-state index contributed by atoms with van der Waals surface area (Å²) in [5, 5.41) is 6.14. The molecule has 0 saturated carbocycles. The van der Waals surface area contributed by atoms with Crippen LogP contribution in [0.25, 0.3) is 0 Å². The maximum Gasteiger partial charge on any atom is 0.242 e. The maximum absolute atomic E-state index is 12.5. The Balaban J connectivity index is 1.73. The van der Waals surface area contributed by atoms with Crippen molar-refractivity contribution in [2.75, 3.05) is 13.2 Å². The normalized spacial score (nSPS) is 17.5. The summed E-state index contributed by atoms with van der Waals surface area (Å²) in [4.78, 5) is 19.6. The highest BCUT2D eigenvalue weighted by atomic mass is 16.5. The Morgan fingerprint density at radius 2 is 2.33 bits per heavy atom. The van der Waals surface area contributed by atoms with Gasteiger partial charge in [-0.15, -0.1) is 0 Å². The van der Waals surface area contributed by atoms with Crippen LogP contribution in [-0.4, -0.2) is 29.0 Å². The monoisotopic (exact) mass is 286 g/mol. The predicted octanol–water partition coefficient (Wildman–Crippen LogP) is 1.06. The minimum Gasteiger partial charge on any atom is -0.492 e. The van der Waals surface area contributed by atoms with Crippen LogP contribution in [0.3, 0.4) is 0 Å². The lowest BCUT2D eigenvalue weighted by atomic mass is 10.1. The van der Waals surface area contributed by atoms with Crippen LogP contribution in [0.5, 0.6) is 5.75 Å². The number of para-hydroxylation sites is 1. The van der Waals surface area contributed by atoms with Gasteiger partial charge in [-0.1, -0.05) is 18.2 Å². The van der Waals surface area contributed by atoms with E-state index in [4.69, 9.17) is 4.74 Å². The fourth-order valence-electron chi connectivity index (χ4n) is 2.40. The molecule has 0 radical (unpaired) electrons. The number of fused-ring (bicyclic) bond motifs is 1. The molecular formula is C15H18N4O2. The smallest absolute Gasteiger partial charge is 0.242 e. The van der Waals surface area contributed by atoms with Crippen LogP contribution in [0, 0.1) is 6.92 Å². The van der Waals surface area contributed by atoms with Gasteiger partial charge in [0.1, 0.15) is 18.4 Å². The van der Waals surface area contributed by atoms with Gasteiger partial charge in [0.15, 0.2) is 0 Å². The highest BCUT2D eigenvalue weighted by Crippen LogP contribution is 2.27. The highest BCUT2D eigenvalue weighted by molar-refractivity contribution is 5.84. The first-order valence-corrected chi connectivity index (χ1v) is 6.97. The average Bonchev–Trinajstić information content (AvgIpc) is 2.79. The van der Waals surface area contributed by atoms with Gasteiger partial charge in [0.05, 0.1) is 18.6 Å². The van der Waals surface area contributed by atoms with Crippen molar-refractivity contribution in [3.05, 3.63) is 47.5 Å². The van der Waals surface area contributed by atoms with E-state index in [-0.39, 0.29) is 5.91 Å². The second-order valence-corrected chi connectivity index (χ2v) is 4.97. The Morgan fingerprint density at radius 3 is 3.14 bits per heavy atom. The van der Waals surface area contributed by atoms with E-state index < -0.39 is 6.04 Å². The molecule has 0 aliphatic carbocycles. The van der Waals surface area contributed by atoms with Crippen molar-refractivity contribution in [2.24, 2.45) is 0 Å². The topological polar surface area (TPSA) is 79.0 Å². The summed E-state index contributed by atoms with van der Waals surface area (Å²) >= 11 is 0. The first-order chi connectivity index (χ1) is 10.3. The molecule has 1 aromatic heterocycles. The van der Waals surface area contributed by atoms with Gasteiger partial charge in [0.2, 0.25) is 5.91 Å². The van der Waals surface area contributed by atoms with Crippen molar-refractivity contribution < 1.29 is 9.53 Å². The average molecular weight is 286 g/mol. The van der Waals surface area contributed by atoms with Crippen LogP contribution in [0.4, 0.5) is 0 Å². The number of aromatic amines is 1. The largest absolute Gasteiger partial charge is 0.492 e. The number of nitrogens with one attached hydrogen (secondary N) is 3. The van der Waals surface area contributed by atoms with Gasteiger partial charge >= 0.3 is 0 Å². The summed E-state index contributed by atoms with van der Waals surface area (Å²) in [5.41, 5.74) is 2.68. The first-order valence-electron chi connectivity index (χ1n) is 6.97. The van der Waals surface area contributed by atoms with Gasteiger partial charge in [-0.2, -0.15) is 0 Å². The third-order valence-electron chi connectivity index (χ3n) is 3.56. The zero-order valence-corrected chi connectivity index (χ0v) is 11.8. The van der Waals surface area contributed by atoms with Gasteiger partial charge in [-0.3, -0.25) is 10.1 Å². The number of hydrogen-bond donors (Lipinski definition) is 3. The lowest BCUT2D eigenvalue weighted by Crippen LogP contribution is -2.37. The van der Waals surface area contributed by atoms with Gasteiger partial charge in [0, 0.05) is 17.8 Å². The van der Waals surface area contributed by atoms with Crippen LogP contribution in [0.1, 0.15) is 23.0 Å². The fourth-order valence-corrected chi connectivity index (χ4v) is 2.40. The quantitative estimate of drug-likeness (QED) is 0.788. The molecule has 1 amide bonds. The molecule has 0 fully saturated rings. The first kappa shape index (κ1) is 13.6. The van der Waals surface area contributed by atoms with E-state index in [1.807, 2.05) is 31.2 Å². The standard InChI is InChI=1S/C15H18N4O2/c1-10-12(19-9-18-10)8-17-15(20)14-11-4-2-3-5-13(11)21-7-6-16-14/h2-5,9,14,16H,6-8H2,1H3,(H,17,20)(H,18,19). The van der Waals surface area contributed by atoms with Crippen molar-refractivity contribution in [1.82, 2.24) is 20.6 Å². The molecule has 1 atom stereocenters. The number of aryl methyl sites for hydroxylation is 1. The van der Waals surface area contributed by atoms with E-state index in [0.717, 1.165) is 22.7 Å². The molecule has 6 nitrogen and oxygen atoms in total. The van der Waals surface area contributed by atoms with E-state index in [1.54, 1.807) is 6.33 Å². The molecule has 1 unspecified atom stereocenters. The summed E-state index contributed by atoms with van der Waals surface area (Å²) in [5.74, 6) is 0.689. The van der Waals surface area contributed by atoms with Crippen molar-refractivity contribution in [3.63, 3.8) is 0 Å². The van der Waals surface area contributed by atoms with Gasteiger partial charge in [-0.25, -0.2) is 4.98 Å². The SMILES string of the molecule is Cc1[nH]cnc1CNC(=O)C1NCCOc2ccccc21. The van der Waals surface area contributed by atoms with Crippen molar-refractivity contribution in [3.8, 4) is 5.75 Å². The Morgan fingerprint density at radius 1 is 1.48 bits per heavy atom. The maximum atomic E-state index is 12.5. The molecule has 6 heteroatoms. The Hall–Kier alpha value is -2.34. The molecule has 1 aromatic carbocycles. The number of carbonyl (C=O) groups excluding carboxylic acids is 1. The zero-order valence-electron chi connectivity index (χ0n) is 11.8. The van der Waals surface area contributed by atoms with E-state index in [9.17, 15) is 4.79 Å². The summed E-state index contributed by atoms with van der Waals surface area (Å²) in [6, 6.07) is 7.22. The number of nitrogens with zero attached hydrogens (tertiary/aromatic N) is 1. The number of imidazole rings is 1. The third-order valence-corrected chi connectivity index (χ3v) is 3.56. The van der Waals surface area contributed by atoms with Crippen LogP contribution in [-0.2, 0) is 11.3 Å².